The third-order valence-corrected chi connectivity index (χ3v) is 3.84. The Morgan fingerprint density at radius 1 is 1.43 bits per heavy atom. The van der Waals surface area contributed by atoms with Crippen LogP contribution < -0.4 is 5.32 Å². The van der Waals surface area contributed by atoms with Crippen LogP contribution in [0, 0.1) is 10.1 Å². The van der Waals surface area contributed by atoms with E-state index in [0.29, 0.717) is 23.8 Å². The fourth-order valence-electron chi connectivity index (χ4n) is 1.67. The van der Waals surface area contributed by atoms with Crippen LogP contribution in [0.25, 0.3) is 0 Å². The van der Waals surface area contributed by atoms with Gasteiger partial charge in [0.15, 0.2) is 0 Å². The van der Waals surface area contributed by atoms with Gasteiger partial charge in [-0.05, 0) is 26.0 Å². The minimum atomic E-state index is -0.463. The monoisotopic (exact) mass is 312 g/mol. The van der Waals surface area contributed by atoms with Crippen LogP contribution in [0.15, 0.2) is 29.2 Å². The predicted molar refractivity (Wildman–Crippen MR) is 82.5 cm³/mol. The highest BCUT2D eigenvalue weighted by molar-refractivity contribution is 7.99. The van der Waals surface area contributed by atoms with E-state index in [1.165, 1.54) is 17.8 Å². The lowest BCUT2D eigenvalue weighted by molar-refractivity contribution is -0.387. The number of nitro groups is 1. The van der Waals surface area contributed by atoms with Crippen molar-refractivity contribution in [1.29, 1.82) is 0 Å². The highest BCUT2D eigenvalue weighted by atomic mass is 32.2. The van der Waals surface area contributed by atoms with Crippen LogP contribution in [0.5, 0.6) is 0 Å². The molecule has 6 nitrogen and oxygen atoms in total. The van der Waals surface area contributed by atoms with Crippen LogP contribution in [-0.4, -0.2) is 35.8 Å². The summed E-state index contributed by atoms with van der Waals surface area (Å²) >= 11 is 1.28. The molecule has 0 aliphatic rings. The Morgan fingerprint density at radius 3 is 2.76 bits per heavy atom. The first kappa shape index (κ1) is 17.5. The Labute approximate surface area is 128 Å². The molecular weight excluding hydrogens is 292 g/mol. The average molecular weight is 312 g/mol. The molecule has 21 heavy (non-hydrogen) atoms. The second kappa shape index (κ2) is 9.36. The number of nitrogens with one attached hydrogen (secondary N) is 1. The molecule has 0 radical (unpaired) electrons. The zero-order valence-corrected chi connectivity index (χ0v) is 13.0. The Bertz CT molecular complexity index is 482. The standard InChI is InChI=1S/C14H20N2O4S/c1-3-9-15-11(14(17)20-4-2)10-21-13-8-6-5-7-12(13)16(18)19/h5-8,11,15H,3-4,9-10H2,1-2H3. The van der Waals surface area contributed by atoms with Gasteiger partial charge in [-0.2, -0.15) is 0 Å². The molecule has 1 unspecified atom stereocenters. The van der Waals surface area contributed by atoms with E-state index < -0.39 is 11.0 Å². The lowest BCUT2D eigenvalue weighted by Gasteiger charge is -2.16. The Balaban J connectivity index is 2.72. The summed E-state index contributed by atoms with van der Waals surface area (Å²) in [7, 11) is 0. The molecule has 0 saturated carbocycles. The minimum absolute atomic E-state index is 0.0561. The molecule has 0 spiro atoms. The highest BCUT2D eigenvalue weighted by Crippen LogP contribution is 2.29. The van der Waals surface area contributed by atoms with Gasteiger partial charge in [0.2, 0.25) is 0 Å². The number of ether oxygens (including phenoxy) is 1. The van der Waals surface area contributed by atoms with Crippen molar-refractivity contribution in [2.45, 2.75) is 31.2 Å². The summed E-state index contributed by atoms with van der Waals surface area (Å²) in [5, 5.41) is 14.1. The zero-order valence-electron chi connectivity index (χ0n) is 12.2. The van der Waals surface area contributed by atoms with Gasteiger partial charge in [0.1, 0.15) is 6.04 Å². The Hall–Kier alpha value is -1.60. The van der Waals surface area contributed by atoms with Crippen molar-refractivity contribution in [3.63, 3.8) is 0 Å². The van der Waals surface area contributed by atoms with Crippen molar-refractivity contribution in [3.05, 3.63) is 34.4 Å². The molecule has 0 bridgehead atoms. The van der Waals surface area contributed by atoms with Crippen LogP contribution in [0.2, 0.25) is 0 Å². The van der Waals surface area contributed by atoms with Gasteiger partial charge in [-0.3, -0.25) is 14.9 Å². The molecule has 116 valence electrons. The van der Waals surface area contributed by atoms with E-state index in [2.05, 4.69) is 5.32 Å². The summed E-state index contributed by atoms with van der Waals surface area (Å²) in [5.74, 6) is 0.0704. The van der Waals surface area contributed by atoms with Crippen molar-refractivity contribution < 1.29 is 14.5 Å². The van der Waals surface area contributed by atoms with Crippen LogP contribution in [0.3, 0.4) is 0 Å². The van der Waals surface area contributed by atoms with Gasteiger partial charge in [-0.1, -0.05) is 19.1 Å². The quantitative estimate of drug-likeness (QED) is 0.327. The first-order chi connectivity index (χ1) is 10.1. The fraction of sp³-hybridized carbons (Fsp3) is 0.500. The smallest absolute Gasteiger partial charge is 0.323 e. The van der Waals surface area contributed by atoms with Gasteiger partial charge in [0.05, 0.1) is 16.4 Å². The maximum absolute atomic E-state index is 11.9. The van der Waals surface area contributed by atoms with Crippen molar-refractivity contribution >= 4 is 23.4 Å². The molecule has 1 atom stereocenters. The van der Waals surface area contributed by atoms with Gasteiger partial charge in [0.25, 0.3) is 5.69 Å². The molecule has 0 aliphatic heterocycles. The van der Waals surface area contributed by atoms with Crippen LogP contribution in [0.1, 0.15) is 20.3 Å². The second-order valence-corrected chi connectivity index (χ2v) is 5.36. The maximum atomic E-state index is 11.9. The average Bonchev–Trinajstić information content (AvgIpc) is 2.47. The summed E-state index contributed by atoms with van der Waals surface area (Å²) in [6.45, 7) is 4.77. The van der Waals surface area contributed by atoms with E-state index in [4.69, 9.17) is 4.74 Å². The maximum Gasteiger partial charge on any atom is 0.323 e. The number of para-hydroxylation sites is 1. The predicted octanol–water partition coefficient (Wildman–Crippen LogP) is 2.62. The minimum Gasteiger partial charge on any atom is -0.465 e. The summed E-state index contributed by atoms with van der Waals surface area (Å²) in [5.41, 5.74) is 0.0561. The number of carbonyl (C=O) groups is 1. The zero-order chi connectivity index (χ0) is 15.7. The number of thioether (sulfide) groups is 1. The van der Waals surface area contributed by atoms with E-state index in [0.717, 1.165) is 6.42 Å². The van der Waals surface area contributed by atoms with Crippen molar-refractivity contribution in [2.24, 2.45) is 0 Å². The number of rotatable bonds is 9. The number of nitro benzene ring substituents is 1. The summed E-state index contributed by atoms with van der Waals surface area (Å²) < 4.78 is 5.02. The van der Waals surface area contributed by atoms with Crippen molar-refractivity contribution in [1.82, 2.24) is 5.32 Å². The highest BCUT2D eigenvalue weighted by Gasteiger charge is 2.21. The number of hydrogen-bond acceptors (Lipinski definition) is 6. The van der Waals surface area contributed by atoms with Gasteiger partial charge in [0, 0.05) is 11.8 Å². The van der Waals surface area contributed by atoms with Gasteiger partial charge in [-0.25, -0.2) is 0 Å². The molecular formula is C14H20N2O4S. The Kier molecular flexibility index (Phi) is 7.78. The van der Waals surface area contributed by atoms with Gasteiger partial charge < -0.3 is 10.1 Å². The van der Waals surface area contributed by atoms with Gasteiger partial charge >= 0.3 is 5.97 Å². The summed E-state index contributed by atoms with van der Waals surface area (Å²) in [6.07, 6.45) is 0.895. The largest absolute Gasteiger partial charge is 0.465 e. The number of hydrogen-bond donors (Lipinski definition) is 1. The molecule has 1 aromatic rings. The first-order valence-electron chi connectivity index (χ1n) is 6.86. The van der Waals surface area contributed by atoms with Crippen LogP contribution >= 0.6 is 11.8 Å². The molecule has 1 rings (SSSR count). The van der Waals surface area contributed by atoms with Crippen LogP contribution in [0.4, 0.5) is 5.69 Å². The third-order valence-electron chi connectivity index (χ3n) is 2.68. The van der Waals surface area contributed by atoms with E-state index in [9.17, 15) is 14.9 Å². The summed E-state index contributed by atoms with van der Waals surface area (Å²) in [4.78, 5) is 23.0. The topological polar surface area (TPSA) is 81.5 Å². The molecule has 0 heterocycles. The van der Waals surface area contributed by atoms with E-state index in [1.54, 1.807) is 25.1 Å². The lowest BCUT2D eigenvalue weighted by Crippen LogP contribution is -2.40. The number of carbonyl (C=O) groups excluding carboxylic acids is 1. The fourth-order valence-corrected chi connectivity index (χ4v) is 2.74. The van der Waals surface area contributed by atoms with E-state index in [-0.39, 0.29) is 11.7 Å². The molecule has 0 amide bonds. The number of nitrogens with zero attached hydrogens (tertiary/aromatic N) is 1. The van der Waals surface area contributed by atoms with Crippen molar-refractivity contribution in [2.75, 3.05) is 18.9 Å². The SMILES string of the molecule is CCCNC(CSc1ccccc1[N+](=O)[O-])C(=O)OCC. The molecule has 0 fully saturated rings. The molecule has 0 aromatic heterocycles. The second-order valence-electron chi connectivity index (χ2n) is 4.29. The molecule has 1 N–H and O–H groups in total. The summed E-state index contributed by atoms with van der Waals surface area (Å²) in [6, 6.07) is 6.05. The first-order valence-corrected chi connectivity index (χ1v) is 7.84. The number of esters is 1. The van der Waals surface area contributed by atoms with Crippen LogP contribution in [-0.2, 0) is 9.53 Å². The van der Waals surface area contributed by atoms with E-state index >= 15 is 0 Å². The third kappa shape index (κ3) is 5.73. The molecule has 0 aliphatic carbocycles. The number of benzene rings is 1. The van der Waals surface area contributed by atoms with E-state index in [1.807, 2.05) is 6.92 Å². The Morgan fingerprint density at radius 2 is 2.14 bits per heavy atom. The normalized spacial score (nSPS) is 11.9. The molecule has 1 aromatic carbocycles. The molecule has 7 heteroatoms. The lowest BCUT2D eigenvalue weighted by atomic mass is 10.3. The van der Waals surface area contributed by atoms with Gasteiger partial charge in [-0.15, -0.1) is 11.8 Å². The molecule has 0 saturated heterocycles. The van der Waals surface area contributed by atoms with Crippen molar-refractivity contribution in [3.8, 4) is 0 Å².